The van der Waals surface area contributed by atoms with Crippen LogP contribution in [0.5, 0.6) is 5.75 Å². The molecular formula is C20H16F3NO3S. The van der Waals surface area contributed by atoms with Gasteiger partial charge in [-0.2, -0.15) is 13.2 Å². The molecule has 0 saturated carbocycles. The number of rotatable bonds is 5. The molecule has 0 atom stereocenters. The van der Waals surface area contributed by atoms with Crippen LogP contribution in [0.2, 0.25) is 0 Å². The highest BCUT2D eigenvalue weighted by Gasteiger charge is 2.41. The van der Waals surface area contributed by atoms with Crippen molar-refractivity contribution < 1.29 is 27.5 Å². The van der Waals surface area contributed by atoms with E-state index < -0.39 is 23.6 Å². The minimum Gasteiger partial charge on any atom is -0.496 e. The summed E-state index contributed by atoms with van der Waals surface area (Å²) in [5.74, 6) is -0.168. The highest BCUT2D eigenvalue weighted by Crippen LogP contribution is 2.41. The summed E-state index contributed by atoms with van der Waals surface area (Å²) in [4.78, 5) is 27.2. The summed E-state index contributed by atoms with van der Waals surface area (Å²) in [5, 5.41) is 0. The molecule has 1 heterocycles. The van der Waals surface area contributed by atoms with Gasteiger partial charge in [-0.05, 0) is 36.1 Å². The van der Waals surface area contributed by atoms with Gasteiger partial charge in [-0.15, -0.1) is 11.8 Å². The molecule has 0 unspecified atom stereocenters. The highest BCUT2D eigenvalue weighted by atomic mass is 32.2. The molecule has 2 aromatic rings. The Kier molecular flexibility index (Phi) is 5.51. The van der Waals surface area contributed by atoms with E-state index in [1.807, 2.05) is 6.92 Å². The number of thioether (sulfide) groups is 1. The van der Waals surface area contributed by atoms with Crippen molar-refractivity contribution in [1.82, 2.24) is 0 Å². The lowest BCUT2D eigenvalue weighted by atomic mass is 10.0. The third kappa shape index (κ3) is 3.52. The van der Waals surface area contributed by atoms with Gasteiger partial charge in [0.25, 0.3) is 11.8 Å². The molecule has 0 spiro atoms. The van der Waals surface area contributed by atoms with Gasteiger partial charge in [0, 0.05) is 5.56 Å². The number of methoxy groups -OCH3 is 1. The zero-order chi connectivity index (χ0) is 20.5. The van der Waals surface area contributed by atoms with E-state index in [1.54, 1.807) is 24.3 Å². The van der Waals surface area contributed by atoms with Crippen LogP contribution in [0.1, 0.15) is 18.1 Å². The third-order valence-corrected chi connectivity index (χ3v) is 5.12. The van der Waals surface area contributed by atoms with Gasteiger partial charge in [0.1, 0.15) is 5.75 Å². The number of amides is 2. The lowest BCUT2D eigenvalue weighted by Gasteiger charge is -2.16. The molecule has 1 aliphatic heterocycles. The topological polar surface area (TPSA) is 46.6 Å². The summed E-state index contributed by atoms with van der Waals surface area (Å²) in [6.07, 6.45) is -4.50. The Labute approximate surface area is 164 Å². The van der Waals surface area contributed by atoms with Crippen LogP contribution in [0.4, 0.5) is 18.9 Å². The monoisotopic (exact) mass is 407 g/mol. The normalized spacial score (nSPS) is 14.8. The Morgan fingerprint density at radius 2 is 1.64 bits per heavy atom. The van der Waals surface area contributed by atoms with Gasteiger partial charge in [0.2, 0.25) is 0 Å². The van der Waals surface area contributed by atoms with Gasteiger partial charge in [-0.3, -0.25) is 9.59 Å². The fourth-order valence-electron chi connectivity index (χ4n) is 2.91. The number of nitrogens with zero attached hydrogens (tertiary/aromatic N) is 1. The summed E-state index contributed by atoms with van der Waals surface area (Å²) in [6, 6.07) is 10.8. The highest BCUT2D eigenvalue weighted by molar-refractivity contribution is 8.04. The molecule has 3 rings (SSSR count). The van der Waals surface area contributed by atoms with Crippen molar-refractivity contribution in [3.63, 3.8) is 0 Å². The number of alkyl halides is 3. The zero-order valence-electron chi connectivity index (χ0n) is 15.0. The second kappa shape index (κ2) is 7.71. The van der Waals surface area contributed by atoms with Crippen molar-refractivity contribution in [3.05, 3.63) is 64.6 Å². The van der Waals surface area contributed by atoms with Crippen LogP contribution >= 0.6 is 11.8 Å². The fourth-order valence-corrected chi connectivity index (χ4v) is 3.76. The number of anilines is 1. The number of para-hydroxylation sites is 1. The number of carbonyl (C=O) groups excluding carboxylic acids is 2. The van der Waals surface area contributed by atoms with E-state index in [2.05, 4.69) is 0 Å². The maximum atomic E-state index is 13.1. The molecule has 0 fully saturated rings. The lowest BCUT2D eigenvalue weighted by molar-refractivity contribution is -0.137. The predicted molar refractivity (Wildman–Crippen MR) is 102 cm³/mol. The van der Waals surface area contributed by atoms with E-state index in [0.717, 1.165) is 29.2 Å². The second-order valence-electron chi connectivity index (χ2n) is 5.83. The summed E-state index contributed by atoms with van der Waals surface area (Å²) < 4.78 is 43.7. The Hall–Kier alpha value is -2.74. The Morgan fingerprint density at radius 3 is 2.21 bits per heavy atom. The van der Waals surface area contributed by atoms with E-state index in [4.69, 9.17) is 4.74 Å². The molecule has 0 radical (unpaired) electrons. The maximum absolute atomic E-state index is 13.1. The number of hydrogen-bond donors (Lipinski definition) is 0. The molecular weight excluding hydrogens is 391 g/mol. The van der Waals surface area contributed by atoms with Crippen molar-refractivity contribution in [3.8, 4) is 5.75 Å². The predicted octanol–water partition coefficient (Wildman–Crippen LogP) is 4.75. The first-order valence-corrected chi connectivity index (χ1v) is 9.34. The van der Waals surface area contributed by atoms with Gasteiger partial charge in [0.05, 0.1) is 28.8 Å². The molecule has 2 amide bonds. The van der Waals surface area contributed by atoms with Gasteiger partial charge in [-0.1, -0.05) is 25.1 Å². The SMILES string of the molecule is CCSC1=C(c2ccccc2OC)C(=O)N(c2ccc(C(F)(F)F)cc2)C1=O. The van der Waals surface area contributed by atoms with Crippen molar-refractivity contribution in [2.24, 2.45) is 0 Å². The molecule has 0 saturated heterocycles. The molecule has 8 heteroatoms. The largest absolute Gasteiger partial charge is 0.496 e. The van der Waals surface area contributed by atoms with Crippen molar-refractivity contribution >= 4 is 34.8 Å². The summed E-state index contributed by atoms with van der Waals surface area (Å²) in [5.41, 5.74) is -0.110. The molecule has 28 heavy (non-hydrogen) atoms. The third-order valence-electron chi connectivity index (χ3n) is 4.16. The maximum Gasteiger partial charge on any atom is 0.416 e. The molecule has 0 aliphatic carbocycles. The van der Waals surface area contributed by atoms with Crippen molar-refractivity contribution in [2.75, 3.05) is 17.8 Å². The van der Waals surface area contributed by atoms with E-state index in [-0.39, 0.29) is 16.2 Å². The Morgan fingerprint density at radius 1 is 1.00 bits per heavy atom. The number of carbonyl (C=O) groups is 2. The van der Waals surface area contributed by atoms with E-state index in [9.17, 15) is 22.8 Å². The minimum atomic E-state index is -4.50. The first-order chi connectivity index (χ1) is 13.3. The molecule has 0 N–H and O–H groups in total. The summed E-state index contributed by atoms with van der Waals surface area (Å²) in [7, 11) is 1.46. The van der Waals surface area contributed by atoms with Crippen LogP contribution in [-0.4, -0.2) is 24.7 Å². The van der Waals surface area contributed by atoms with E-state index >= 15 is 0 Å². The standard InChI is InChI=1S/C20H16F3NO3S/c1-3-28-17-16(14-6-4-5-7-15(14)27-2)18(25)24(19(17)26)13-10-8-12(9-11-13)20(21,22)23/h4-11H,3H2,1-2H3. The van der Waals surface area contributed by atoms with E-state index in [0.29, 0.717) is 17.1 Å². The molecule has 0 aromatic heterocycles. The van der Waals surface area contributed by atoms with Crippen LogP contribution in [0.25, 0.3) is 5.57 Å². The van der Waals surface area contributed by atoms with Gasteiger partial charge >= 0.3 is 6.18 Å². The van der Waals surface area contributed by atoms with Crippen molar-refractivity contribution in [1.29, 1.82) is 0 Å². The quantitative estimate of drug-likeness (QED) is 0.671. The molecule has 1 aliphatic rings. The van der Waals surface area contributed by atoms with Crippen molar-refractivity contribution in [2.45, 2.75) is 13.1 Å². The molecule has 4 nitrogen and oxygen atoms in total. The van der Waals surface area contributed by atoms with Crippen LogP contribution in [0.15, 0.2) is 53.4 Å². The Bertz CT molecular complexity index is 952. The average molecular weight is 407 g/mol. The van der Waals surface area contributed by atoms with Gasteiger partial charge < -0.3 is 4.74 Å². The molecule has 0 bridgehead atoms. The summed E-state index contributed by atoms with van der Waals surface area (Å²) >= 11 is 1.21. The molecule has 146 valence electrons. The van der Waals surface area contributed by atoms with Crippen LogP contribution in [0.3, 0.4) is 0 Å². The smallest absolute Gasteiger partial charge is 0.416 e. The van der Waals surface area contributed by atoms with Crippen LogP contribution in [0, 0.1) is 0 Å². The zero-order valence-corrected chi connectivity index (χ0v) is 15.9. The average Bonchev–Trinajstić information content (AvgIpc) is 2.91. The number of benzene rings is 2. The minimum absolute atomic E-state index is 0.0853. The second-order valence-corrected chi connectivity index (χ2v) is 7.10. The number of hydrogen-bond acceptors (Lipinski definition) is 4. The first-order valence-electron chi connectivity index (χ1n) is 8.36. The first kappa shape index (κ1) is 20.0. The van der Waals surface area contributed by atoms with E-state index in [1.165, 1.54) is 18.9 Å². The van der Waals surface area contributed by atoms with Gasteiger partial charge in [-0.25, -0.2) is 4.90 Å². The Balaban J connectivity index is 2.07. The number of halogens is 3. The van der Waals surface area contributed by atoms with Gasteiger partial charge in [0.15, 0.2) is 0 Å². The number of imide groups is 1. The summed E-state index contributed by atoms with van der Waals surface area (Å²) in [6.45, 7) is 1.84. The fraction of sp³-hybridized carbons (Fsp3) is 0.200. The van der Waals surface area contributed by atoms with Crippen LogP contribution in [-0.2, 0) is 15.8 Å². The lowest BCUT2D eigenvalue weighted by Crippen LogP contribution is -2.31. The van der Waals surface area contributed by atoms with Crippen LogP contribution < -0.4 is 9.64 Å². The number of ether oxygens (including phenoxy) is 1. The molecule has 2 aromatic carbocycles.